The van der Waals surface area contributed by atoms with Gasteiger partial charge in [0.2, 0.25) is 5.91 Å². The average molecular weight is 214 g/mol. The van der Waals surface area contributed by atoms with E-state index in [0.29, 0.717) is 0 Å². The lowest BCUT2D eigenvalue weighted by Gasteiger charge is -2.21. The maximum atomic E-state index is 11.7. The van der Waals surface area contributed by atoms with Crippen LogP contribution in [0.15, 0.2) is 0 Å². The number of carbonyl (C=O) groups is 2. The third kappa shape index (κ3) is 2.68. The van der Waals surface area contributed by atoms with Crippen LogP contribution < -0.4 is 5.32 Å². The number of likely N-dealkylation sites (tertiary alicyclic amines) is 1. The van der Waals surface area contributed by atoms with Crippen molar-refractivity contribution in [2.24, 2.45) is 5.41 Å². The number of aliphatic carboxylic acids is 1. The van der Waals surface area contributed by atoms with Gasteiger partial charge in [-0.1, -0.05) is 0 Å². The number of nitrogens with one attached hydrogen (secondary N) is 1. The van der Waals surface area contributed by atoms with E-state index in [-0.39, 0.29) is 6.04 Å². The Bertz CT molecular complexity index is 276. The van der Waals surface area contributed by atoms with Crippen LogP contribution >= 0.6 is 0 Å². The van der Waals surface area contributed by atoms with Gasteiger partial charge in [0.15, 0.2) is 0 Å². The van der Waals surface area contributed by atoms with E-state index in [1.165, 1.54) is 13.8 Å². The van der Waals surface area contributed by atoms with Gasteiger partial charge in [-0.25, -0.2) is 0 Å². The summed E-state index contributed by atoms with van der Waals surface area (Å²) in [5.41, 5.74) is -1.35. The maximum Gasteiger partial charge on any atom is 0.318 e. The Morgan fingerprint density at radius 2 is 2.07 bits per heavy atom. The van der Waals surface area contributed by atoms with Crippen molar-refractivity contribution in [1.29, 1.82) is 0 Å². The minimum atomic E-state index is -1.35. The lowest BCUT2D eigenvalue weighted by Crippen LogP contribution is -2.47. The first kappa shape index (κ1) is 12.0. The zero-order chi connectivity index (χ0) is 11.6. The standard InChI is InChI=1S/C10H18N2O3/c1-10(2,9(14)15)8(13)11-7-4-5-12(3)6-7/h7H,4-6H2,1-3H3,(H,11,13)(H,14,15). The van der Waals surface area contributed by atoms with Crippen LogP contribution in [0.2, 0.25) is 0 Å². The highest BCUT2D eigenvalue weighted by Crippen LogP contribution is 2.16. The van der Waals surface area contributed by atoms with Gasteiger partial charge in [0, 0.05) is 12.6 Å². The second-order valence-corrected chi connectivity index (χ2v) is 4.65. The molecule has 15 heavy (non-hydrogen) atoms. The van der Waals surface area contributed by atoms with E-state index in [1.54, 1.807) is 0 Å². The molecule has 1 rings (SSSR count). The highest BCUT2D eigenvalue weighted by Gasteiger charge is 2.37. The molecule has 0 aliphatic carbocycles. The van der Waals surface area contributed by atoms with Gasteiger partial charge in [0.1, 0.15) is 5.41 Å². The third-order valence-corrected chi connectivity index (χ3v) is 2.83. The topological polar surface area (TPSA) is 69.6 Å². The largest absolute Gasteiger partial charge is 0.480 e. The van der Waals surface area contributed by atoms with Crippen molar-refractivity contribution in [1.82, 2.24) is 10.2 Å². The van der Waals surface area contributed by atoms with E-state index in [2.05, 4.69) is 10.2 Å². The second kappa shape index (κ2) is 4.18. The fraction of sp³-hybridized carbons (Fsp3) is 0.800. The number of likely N-dealkylation sites (N-methyl/N-ethyl adjacent to an activating group) is 1. The van der Waals surface area contributed by atoms with Gasteiger partial charge in [-0.15, -0.1) is 0 Å². The van der Waals surface area contributed by atoms with E-state index in [0.717, 1.165) is 19.5 Å². The van der Waals surface area contributed by atoms with E-state index < -0.39 is 17.3 Å². The van der Waals surface area contributed by atoms with Crippen molar-refractivity contribution in [3.8, 4) is 0 Å². The van der Waals surface area contributed by atoms with Crippen LogP contribution in [0.5, 0.6) is 0 Å². The minimum absolute atomic E-state index is 0.0844. The smallest absolute Gasteiger partial charge is 0.318 e. The number of amides is 1. The van der Waals surface area contributed by atoms with Crippen LogP contribution in [-0.4, -0.2) is 48.1 Å². The molecule has 1 fully saturated rings. The van der Waals surface area contributed by atoms with E-state index in [4.69, 9.17) is 5.11 Å². The first-order valence-corrected chi connectivity index (χ1v) is 5.07. The van der Waals surface area contributed by atoms with Crippen LogP contribution in [0.1, 0.15) is 20.3 Å². The molecule has 0 radical (unpaired) electrons. The van der Waals surface area contributed by atoms with Gasteiger partial charge in [0.05, 0.1) is 0 Å². The summed E-state index contributed by atoms with van der Waals surface area (Å²) >= 11 is 0. The van der Waals surface area contributed by atoms with Crippen molar-refractivity contribution in [2.75, 3.05) is 20.1 Å². The Morgan fingerprint density at radius 3 is 2.47 bits per heavy atom. The highest BCUT2D eigenvalue weighted by atomic mass is 16.4. The summed E-state index contributed by atoms with van der Waals surface area (Å²) in [4.78, 5) is 24.6. The quantitative estimate of drug-likeness (QED) is 0.645. The molecule has 1 amide bonds. The molecule has 5 nitrogen and oxygen atoms in total. The summed E-state index contributed by atoms with van der Waals surface area (Å²) in [5, 5.41) is 11.6. The summed E-state index contributed by atoms with van der Waals surface area (Å²) in [7, 11) is 1.98. The van der Waals surface area contributed by atoms with E-state index in [9.17, 15) is 9.59 Å². The van der Waals surface area contributed by atoms with Crippen LogP contribution in [0.25, 0.3) is 0 Å². The molecule has 1 unspecified atom stereocenters. The molecule has 0 aromatic rings. The number of hydrogen-bond donors (Lipinski definition) is 2. The number of nitrogens with zero attached hydrogens (tertiary/aromatic N) is 1. The molecule has 1 aliphatic heterocycles. The molecule has 0 saturated carbocycles. The van der Waals surface area contributed by atoms with Crippen LogP contribution in [0, 0.1) is 5.41 Å². The van der Waals surface area contributed by atoms with Crippen molar-refractivity contribution in [3.05, 3.63) is 0 Å². The van der Waals surface area contributed by atoms with E-state index >= 15 is 0 Å². The third-order valence-electron chi connectivity index (χ3n) is 2.83. The Hall–Kier alpha value is -1.10. The monoisotopic (exact) mass is 214 g/mol. The normalized spacial score (nSPS) is 22.7. The molecule has 0 aromatic heterocycles. The fourth-order valence-corrected chi connectivity index (χ4v) is 1.52. The van der Waals surface area contributed by atoms with Gasteiger partial charge in [-0.2, -0.15) is 0 Å². The van der Waals surface area contributed by atoms with Gasteiger partial charge in [-0.3, -0.25) is 9.59 Å². The van der Waals surface area contributed by atoms with Crippen LogP contribution in [-0.2, 0) is 9.59 Å². The zero-order valence-electron chi connectivity index (χ0n) is 9.41. The van der Waals surface area contributed by atoms with E-state index in [1.807, 2.05) is 7.05 Å². The molecule has 86 valence electrons. The minimum Gasteiger partial charge on any atom is -0.480 e. The summed E-state index contributed by atoms with van der Waals surface area (Å²) in [5.74, 6) is -1.50. The average Bonchev–Trinajstić information content (AvgIpc) is 2.50. The Morgan fingerprint density at radius 1 is 1.47 bits per heavy atom. The Labute approximate surface area is 89.4 Å². The summed E-state index contributed by atoms with van der Waals surface area (Å²) in [6.07, 6.45) is 0.887. The zero-order valence-corrected chi connectivity index (χ0v) is 9.41. The van der Waals surface area contributed by atoms with Gasteiger partial charge in [0.25, 0.3) is 0 Å². The van der Waals surface area contributed by atoms with Gasteiger partial charge < -0.3 is 15.3 Å². The van der Waals surface area contributed by atoms with Crippen molar-refractivity contribution in [3.63, 3.8) is 0 Å². The first-order valence-electron chi connectivity index (χ1n) is 5.07. The highest BCUT2D eigenvalue weighted by molar-refractivity contribution is 6.01. The van der Waals surface area contributed by atoms with Crippen LogP contribution in [0.3, 0.4) is 0 Å². The van der Waals surface area contributed by atoms with Crippen molar-refractivity contribution >= 4 is 11.9 Å². The van der Waals surface area contributed by atoms with Crippen LogP contribution in [0.4, 0.5) is 0 Å². The molecule has 0 aromatic carbocycles. The molecule has 1 atom stereocenters. The predicted molar refractivity (Wildman–Crippen MR) is 55.5 cm³/mol. The van der Waals surface area contributed by atoms with Crippen molar-refractivity contribution < 1.29 is 14.7 Å². The molecule has 5 heteroatoms. The number of carboxylic acid groups (broad SMARTS) is 1. The molecular formula is C10H18N2O3. The lowest BCUT2D eigenvalue weighted by atomic mass is 9.92. The SMILES string of the molecule is CN1CCC(NC(=O)C(C)(C)C(=O)O)C1. The summed E-state index contributed by atoms with van der Waals surface area (Å²) in [6.45, 7) is 4.58. The van der Waals surface area contributed by atoms with Crippen molar-refractivity contribution in [2.45, 2.75) is 26.3 Å². The number of carbonyl (C=O) groups excluding carboxylic acids is 1. The molecule has 1 saturated heterocycles. The van der Waals surface area contributed by atoms with Gasteiger partial charge >= 0.3 is 5.97 Å². The predicted octanol–water partition coefficient (Wildman–Crippen LogP) is -0.0825. The summed E-state index contributed by atoms with van der Waals surface area (Å²) in [6, 6.07) is 0.0844. The maximum absolute atomic E-state index is 11.7. The molecule has 0 spiro atoms. The Kier molecular flexibility index (Phi) is 3.34. The van der Waals surface area contributed by atoms with Gasteiger partial charge in [-0.05, 0) is 33.9 Å². The lowest BCUT2D eigenvalue weighted by molar-refractivity contribution is -0.153. The second-order valence-electron chi connectivity index (χ2n) is 4.65. The molecule has 2 N–H and O–H groups in total. The molecule has 1 aliphatic rings. The Balaban J connectivity index is 2.52. The number of rotatable bonds is 3. The number of carboxylic acids is 1. The molecule has 0 bridgehead atoms. The first-order chi connectivity index (χ1) is 6.84. The molecule has 1 heterocycles. The number of hydrogen-bond acceptors (Lipinski definition) is 3. The fourth-order valence-electron chi connectivity index (χ4n) is 1.52. The molecular weight excluding hydrogens is 196 g/mol. The summed E-state index contributed by atoms with van der Waals surface area (Å²) < 4.78 is 0.